The molecule has 1 amide bonds. The van der Waals surface area contributed by atoms with Crippen molar-refractivity contribution in [1.29, 1.82) is 0 Å². The van der Waals surface area contributed by atoms with Gasteiger partial charge in [-0.05, 0) is 37.5 Å². The number of amides is 1. The van der Waals surface area contributed by atoms with Crippen molar-refractivity contribution in [1.82, 2.24) is 5.32 Å². The number of hydrogen-bond acceptors (Lipinski definition) is 2. The molecule has 0 aliphatic rings. The lowest BCUT2D eigenvalue weighted by atomic mass is 9.87. The Morgan fingerprint density at radius 2 is 1.62 bits per heavy atom. The van der Waals surface area contributed by atoms with Crippen molar-refractivity contribution in [2.75, 3.05) is 0 Å². The summed E-state index contributed by atoms with van der Waals surface area (Å²) in [5, 5.41) is 12.4. The maximum Gasteiger partial charge on any atom is 0.308 e. The number of halogens is 1. The van der Waals surface area contributed by atoms with E-state index in [0.29, 0.717) is 5.02 Å². The topological polar surface area (TPSA) is 66.4 Å². The second-order valence-corrected chi connectivity index (χ2v) is 6.13. The number of rotatable bonds is 6. The molecule has 1 rings (SSSR count). The molecular formula is C16H22ClNO3. The van der Waals surface area contributed by atoms with E-state index in [0.717, 1.165) is 5.56 Å². The van der Waals surface area contributed by atoms with Gasteiger partial charge in [-0.25, -0.2) is 0 Å². The van der Waals surface area contributed by atoms with E-state index in [-0.39, 0.29) is 17.7 Å². The van der Waals surface area contributed by atoms with Crippen molar-refractivity contribution in [3.05, 3.63) is 34.9 Å². The Kier molecular flexibility index (Phi) is 6.21. The van der Waals surface area contributed by atoms with Gasteiger partial charge < -0.3 is 10.4 Å². The molecule has 5 heteroatoms. The number of benzene rings is 1. The monoisotopic (exact) mass is 311 g/mol. The van der Waals surface area contributed by atoms with Gasteiger partial charge in [0.05, 0.1) is 11.8 Å². The van der Waals surface area contributed by atoms with Gasteiger partial charge in [-0.3, -0.25) is 9.59 Å². The van der Waals surface area contributed by atoms with E-state index in [9.17, 15) is 9.59 Å². The fourth-order valence-electron chi connectivity index (χ4n) is 2.16. The van der Waals surface area contributed by atoms with Crippen LogP contribution in [0.25, 0.3) is 0 Å². The van der Waals surface area contributed by atoms with Crippen LogP contribution in [0, 0.1) is 11.8 Å². The summed E-state index contributed by atoms with van der Waals surface area (Å²) in [5.41, 5.74) is 0.877. The maximum absolute atomic E-state index is 12.5. The molecule has 0 aromatic heterocycles. The predicted octanol–water partition coefficient (Wildman–Crippen LogP) is 3.31. The molecule has 0 saturated carbocycles. The fraction of sp³-hybridized carbons (Fsp3) is 0.500. The first-order valence-corrected chi connectivity index (χ1v) is 7.40. The minimum atomic E-state index is -0.921. The van der Waals surface area contributed by atoms with E-state index in [2.05, 4.69) is 5.32 Å². The van der Waals surface area contributed by atoms with Gasteiger partial charge in [0.2, 0.25) is 5.91 Å². The summed E-state index contributed by atoms with van der Waals surface area (Å²) >= 11 is 5.87. The van der Waals surface area contributed by atoms with Crippen LogP contribution in [0.2, 0.25) is 5.02 Å². The Morgan fingerprint density at radius 1 is 1.10 bits per heavy atom. The van der Waals surface area contributed by atoms with Crippen LogP contribution >= 0.6 is 11.6 Å². The van der Waals surface area contributed by atoms with Crippen LogP contribution in [0.1, 0.15) is 39.2 Å². The summed E-state index contributed by atoms with van der Waals surface area (Å²) in [4.78, 5) is 23.4. The standard InChI is InChI=1S/C16H22ClNO3/c1-9(2)14(12-5-7-13(17)8-6-12)15(19)18-11(4)10(3)16(20)21/h5-11,14H,1-4H3,(H,18,19)(H,20,21). The normalized spacial score (nSPS) is 15.3. The molecule has 0 heterocycles. The van der Waals surface area contributed by atoms with E-state index in [1.54, 1.807) is 26.0 Å². The smallest absolute Gasteiger partial charge is 0.308 e. The lowest BCUT2D eigenvalue weighted by Gasteiger charge is -2.25. The minimum Gasteiger partial charge on any atom is -0.481 e. The van der Waals surface area contributed by atoms with Gasteiger partial charge in [0, 0.05) is 11.1 Å². The molecule has 3 unspecified atom stereocenters. The Bertz CT molecular complexity index is 499. The molecule has 0 aliphatic carbocycles. The minimum absolute atomic E-state index is 0.0958. The molecule has 0 saturated heterocycles. The van der Waals surface area contributed by atoms with Crippen molar-refractivity contribution >= 4 is 23.5 Å². The molecule has 116 valence electrons. The van der Waals surface area contributed by atoms with Crippen molar-refractivity contribution in [3.63, 3.8) is 0 Å². The second kappa shape index (κ2) is 7.46. The molecule has 0 fully saturated rings. The van der Waals surface area contributed by atoms with Gasteiger partial charge in [-0.15, -0.1) is 0 Å². The van der Waals surface area contributed by atoms with Crippen LogP contribution in [0.15, 0.2) is 24.3 Å². The Morgan fingerprint density at radius 3 is 2.05 bits per heavy atom. The molecule has 2 N–H and O–H groups in total. The number of carboxylic acid groups (broad SMARTS) is 1. The third-order valence-corrected chi connectivity index (χ3v) is 3.94. The van der Waals surface area contributed by atoms with Crippen LogP contribution < -0.4 is 5.32 Å². The van der Waals surface area contributed by atoms with Gasteiger partial charge >= 0.3 is 5.97 Å². The first-order valence-electron chi connectivity index (χ1n) is 7.02. The number of nitrogens with one attached hydrogen (secondary N) is 1. The van der Waals surface area contributed by atoms with Gasteiger partial charge in [-0.2, -0.15) is 0 Å². The van der Waals surface area contributed by atoms with E-state index >= 15 is 0 Å². The summed E-state index contributed by atoms with van der Waals surface area (Å²) < 4.78 is 0. The quantitative estimate of drug-likeness (QED) is 0.847. The number of carboxylic acids is 1. The molecule has 1 aromatic rings. The second-order valence-electron chi connectivity index (χ2n) is 5.70. The summed E-state index contributed by atoms with van der Waals surface area (Å²) in [5.74, 6) is -1.94. The summed E-state index contributed by atoms with van der Waals surface area (Å²) in [6.45, 7) is 7.21. The van der Waals surface area contributed by atoms with Crippen LogP contribution in [0.3, 0.4) is 0 Å². The molecule has 4 nitrogen and oxygen atoms in total. The molecule has 0 bridgehead atoms. The van der Waals surface area contributed by atoms with Gasteiger partial charge in [0.25, 0.3) is 0 Å². The number of hydrogen-bond donors (Lipinski definition) is 2. The van der Waals surface area contributed by atoms with E-state index in [1.807, 2.05) is 26.0 Å². The van der Waals surface area contributed by atoms with Gasteiger partial charge in [0.1, 0.15) is 0 Å². The molecule has 0 radical (unpaired) electrons. The largest absolute Gasteiger partial charge is 0.481 e. The molecule has 3 atom stereocenters. The van der Waals surface area contributed by atoms with E-state index < -0.39 is 17.9 Å². The zero-order valence-corrected chi connectivity index (χ0v) is 13.5. The molecule has 0 aliphatic heterocycles. The Hall–Kier alpha value is -1.55. The molecule has 1 aromatic carbocycles. The first-order chi connectivity index (χ1) is 9.73. The van der Waals surface area contributed by atoms with Crippen molar-refractivity contribution in [2.24, 2.45) is 11.8 Å². The van der Waals surface area contributed by atoms with Crippen molar-refractivity contribution in [2.45, 2.75) is 39.7 Å². The summed E-state index contributed by atoms with van der Waals surface area (Å²) in [6, 6.07) is 6.74. The van der Waals surface area contributed by atoms with Crippen molar-refractivity contribution in [3.8, 4) is 0 Å². The number of aliphatic carboxylic acids is 1. The van der Waals surface area contributed by atoms with E-state index in [4.69, 9.17) is 16.7 Å². The van der Waals surface area contributed by atoms with Gasteiger partial charge in [-0.1, -0.05) is 37.6 Å². The van der Waals surface area contributed by atoms with Gasteiger partial charge in [0.15, 0.2) is 0 Å². The highest BCUT2D eigenvalue weighted by Crippen LogP contribution is 2.26. The highest BCUT2D eigenvalue weighted by atomic mass is 35.5. The summed E-state index contributed by atoms with van der Waals surface area (Å²) in [6.07, 6.45) is 0. The molecular weight excluding hydrogens is 290 g/mol. The third kappa shape index (κ3) is 4.74. The first kappa shape index (κ1) is 17.5. The SMILES string of the molecule is CC(C)C(C(=O)NC(C)C(C)C(=O)O)c1ccc(Cl)cc1. The lowest BCUT2D eigenvalue weighted by Crippen LogP contribution is -2.43. The maximum atomic E-state index is 12.5. The highest BCUT2D eigenvalue weighted by Gasteiger charge is 2.28. The fourth-order valence-corrected chi connectivity index (χ4v) is 2.29. The van der Waals surface area contributed by atoms with Crippen LogP contribution in [0.4, 0.5) is 0 Å². The Balaban J connectivity index is 2.88. The Labute approximate surface area is 130 Å². The predicted molar refractivity (Wildman–Crippen MR) is 83.4 cm³/mol. The zero-order valence-electron chi connectivity index (χ0n) is 12.8. The summed E-state index contributed by atoms with van der Waals surface area (Å²) in [7, 11) is 0. The van der Waals surface area contributed by atoms with E-state index in [1.165, 1.54) is 0 Å². The molecule has 21 heavy (non-hydrogen) atoms. The van der Waals surface area contributed by atoms with Crippen LogP contribution in [0.5, 0.6) is 0 Å². The average Bonchev–Trinajstić information content (AvgIpc) is 2.39. The lowest BCUT2D eigenvalue weighted by molar-refractivity contribution is -0.142. The van der Waals surface area contributed by atoms with Crippen molar-refractivity contribution < 1.29 is 14.7 Å². The average molecular weight is 312 g/mol. The van der Waals surface area contributed by atoms with Crippen LogP contribution in [-0.2, 0) is 9.59 Å². The van der Waals surface area contributed by atoms with Crippen LogP contribution in [-0.4, -0.2) is 23.0 Å². The highest BCUT2D eigenvalue weighted by molar-refractivity contribution is 6.30. The zero-order chi connectivity index (χ0) is 16.2. The number of carbonyl (C=O) groups excluding carboxylic acids is 1. The molecule has 0 spiro atoms. The number of carbonyl (C=O) groups is 2. The third-order valence-electron chi connectivity index (χ3n) is 3.69.